The lowest BCUT2D eigenvalue weighted by Gasteiger charge is -2.33. The van der Waals surface area contributed by atoms with Crippen LogP contribution in [0.5, 0.6) is 0 Å². The van der Waals surface area contributed by atoms with Gasteiger partial charge in [0, 0.05) is 18.2 Å². The molecule has 2 saturated heterocycles. The van der Waals surface area contributed by atoms with E-state index in [1.807, 2.05) is 35.2 Å². The van der Waals surface area contributed by atoms with Crippen LogP contribution in [-0.4, -0.2) is 37.5 Å². The molecule has 1 aromatic rings. The van der Waals surface area contributed by atoms with Crippen LogP contribution in [0.1, 0.15) is 32.1 Å². The molecule has 5 heteroatoms. The Labute approximate surface area is 142 Å². The molecule has 0 aromatic heterocycles. The average molecular weight is 327 g/mol. The number of nitrogens with one attached hydrogen (secondary N) is 2. The van der Waals surface area contributed by atoms with E-state index in [9.17, 15) is 9.59 Å². The third kappa shape index (κ3) is 2.81. The second-order valence-corrected chi connectivity index (χ2v) is 7.40. The van der Waals surface area contributed by atoms with Crippen LogP contribution in [-0.2, 0) is 9.59 Å². The van der Waals surface area contributed by atoms with Gasteiger partial charge in [0.2, 0.25) is 11.8 Å². The van der Waals surface area contributed by atoms with E-state index in [-0.39, 0.29) is 29.2 Å². The van der Waals surface area contributed by atoms with Crippen molar-refractivity contribution in [1.82, 2.24) is 10.6 Å². The number of benzene rings is 1. The topological polar surface area (TPSA) is 61.4 Å². The smallest absolute Gasteiger partial charge is 0.249 e. The molecule has 24 heavy (non-hydrogen) atoms. The minimum absolute atomic E-state index is 0.0285. The third-order valence-electron chi connectivity index (χ3n) is 5.93. The van der Waals surface area contributed by atoms with E-state index in [1.165, 1.54) is 0 Å². The van der Waals surface area contributed by atoms with E-state index in [0.29, 0.717) is 0 Å². The standard InChI is InChI=1S/C19H25N3O2/c23-17(15-13-19(15)8-10-20-11-9-19)21-16-7-4-12-22(18(16)24)14-5-2-1-3-6-14/h1-3,5-6,15-16,20H,4,7-13H2,(H,21,23). The number of rotatable bonds is 3. The maximum absolute atomic E-state index is 12.8. The van der Waals surface area contributed by atoms with Crippen molar-refractivity contribution in [2.75, 3.05) is 24.5 Å². The van der Waals surface area contributed by atoms with E-state index in [4.69, 9.17) is 0 Å². The average Bonchev–Trinajstić information content (AvgIpc) is 3.31. The predicted molar refractivity (Wildman–Crippen MR) is 92.6 cm³/mol. The van der Waals surface area contributed by atoms with Gasteiger partial charge in [0.25, 0.3) is 0 Å². The summed E-state index contributed by atoms with van der Waals surface area (Å²) in [5, 5.41) is 6.41. The van der Waals surface area contributed by atoms with Gasteiger partial charge in [0.05, 0.1) is 0 Å². The zero-order chi connectivity index (χ0) is 16.6. The molecule has 2 aliphatic heterocycles. The lowest BCUT2D eigenvalue weighted by molar-refractivity contribution is -0.129. The number of carbonyl (C=O) groups is 2. The molecule has 1 aliphatic carbocycles. The van der Waals surface area contributed by atoms with Gasteiger partial charge >= 0.3 is 0 Å². The molecule has 3 aliphatic rings. The molecule has 3 fully saturated rings. The number of nitrogens with zero attached hydrogens (tertiary/aromatic N) is 1. The number of amides is 2. The van der Waals surface area contributed by atoms with Gasteiger partial charge in [-0.05, 0) is 62.7 Å². The van der Waals surface area contributed by atoms with Gasteiger partial charge in [-0.25, -0.2) is 0 Å². The maximum Gasteiger partial charge on any atom is 0.249 e. The lowest BCUT2D eigenvalue weighted by atomic mass is 9.91. The molecular weight excluding hydrogens is 302 g/mol. The zero-order valence-corrected chi connectivity index (χ0v) is 14.0. The number of carbonyl (C=O) groups excluding carboxylic acids is 2. The van der Waals surface area contributed by atoms with E-state index in [1.54, 1.807) is 0 Å². The van der Waals surface area contributed by atoms with Gasteiger partial charge < -0.3 is 15.5 Å². The first-order valence-corrected chi connectivity index (χ1v) is 9.07. The second-order valence-electron chi connectivity index (χ2n) is 7.40. The van der Waals surface area contributed by atoms with E-state index in [0.717, 1.165) is 57.4 Å². The summed E-state index contributed by atoms with van der Waals surface area (Å²) in [4.78, 5) is 27.2. The Morgan fingerprint density at radius 1 is 1.21 bits per heavy atom. The largest absolute Gasteiger partial charge is 0.344 e. The summed E-state index contributed by atoms with van der Waals surface area (Å²) in [6.07, 6.45) is 4.82. The fourth-order valence-electron chi connectivity index (χ4n) is 4.34. The first kappa shape index (κ1) is 15.6. The summed E-state index contributed by atoms with van der Waals surface area (Å²) in [5.74, 6) is 0.227. The highest BCUT2D eigenvalue weighted by atomic mass is 16.2. The normalized spacial score (nSPS) is 28.7. The SMILES string of the molecule is O=C(NC1CCCN(c2ccccc2)C1=O)C1CC12CCNCC2. The summed E-state index contributed by atoms with van der Waals surface area (Å²) < 4.78 is 0. The Morgan fingerprint density at radius 2 is 1.96 bits per heavy atom. The Bertz CT molecular complexity index is 625. The Morgan fingerprint density at radius 3 is 2.71 bits per heavy atom. The summed E-state index contributed by atoms with van der Waals surface area (Å²) >= 11 is 0. The minimum Gasteiger partial charge on any atom is -0.344 e. The number of piperidine rings is 2. The molecule has 0 radical (unpaired) electrons. The van der Waals surface area contributed by atoms with Gasteiger partial charge in [-0.2, -0.15) is 0 Å². The van der Waals surface area contributed by atoms with E-state index >= 15 is 0 Å². The van der Waals surface area contributed by atoms with Gasteiger partial charge in [0.1, 0.15) is 6.04 Å². The fourth-order valence-corrected chi connectivity index (χ4v) is 4.34. The van der Waals surface area contributed by atoms with Gasteiger partial charge in [-0.3, -0.25) is 9.59 Å². The monoisotopic (exact) mass is 327 g/mol. The molecule has 2 heterocycles. The van der Waals surface area contributed by atoms with E-state index in [2.05, 4.69) is 10.6 Å². The van der Waals surface area contributed by atoms with Gasteiger partial charge in [-0.1, -0.05) is 18.2 Å². The summed E-state index contributed by atoms with van der Waals surface area (Å²) in [5.41, 5.74) is 1.13. The third-order valence-corrected chi connectivity index (χ3v) is 5.93. The van der Waals surface area contributed by atoms with Crippen molar-refractivity contribution in [2.24, 2.45) is 11.3 Å². The molecule has 2 N–H and O–H groups in total. The van der Waals surface area contributed by atoms with Gasteiger partial charge in [0.15, 0.2) is 0 Å². The van der Waals surface area contributed by atoms with Crippen molar-refractivity contribution in [2.45, 2.75) is 38.1 Å². The fraction of sp³-hybridized carbons (Fsp3) is 0.579. The quantitative estimate of drug-likeness (QED) is 0.888. The highest BCUT2D eigenvalue weighted by molar-refractivity contribution is 6.00. The van der Waals surface area contributed by atoms with Crippen molar-refractivity contribution < 1.29 is 9.59 Å². The van der Waals surface area contributed by atoms with Crippen molar-refractivity contribution in [3.63, 3.8) is 0 Å². The second kappa shape index (κ2) is 6.20. The van der Waals surface area contributed by atoms with Gasteiger partial charge in [-0.15, -0.1) is 0 Å². The molecule has 2 atom stereocenters. The van der Waals surface area contributed by atoms with Crippen LogP contribution < -0.4 is 15.5 Å². The first-order chi connectivity index (χ1) is 11.7. The molecule has 1 spiro atoms. The van der Waals surface area contributed by atoms with Crippen molar-refractivity contribution in [3.05, 3.63) is 30.3 Å². The van der Waals surface area contributed by atoms with Crippen molar-refractivity contribution >= 4 is 17.5 Å². The number of hydrogen-bond donors (Lipinski definition) is 2. The maximum atomic E-state index is 12.8. The Hall–Kier alpha value is -1.88. The van der Waals surface area contributed by atoms with Crippen molar-refractivity contribution in [3.8, 4) is 0 Å². The summed E-state index contributed by atoms with van der Waals surface area (Å²) in [6.45, 7) is 2.75. The molecule has 1 saturated carbocycles. The number of anilines is 1. The molecule has 2 amide bonds. The van der Waals surface area contributed by atoms with Crippen LogP contribution in [0, 0.1) is 11.3 Å². The highest BCUT2D eigenvalue weighted by Crippen LogP contribution is 2.58. The Kier molecular flexibility index (Phi) is 4.04. The number of hydrogen-bond acceptors (Lipinski definition) is 3. The van der Waals surface area contributed by atoms with Crippen LogP contribution in [0.4, 0.5) is 5.69 Å². The van der Waals surface area contributed by atoms with Crippen molar-refractivity contribution in [1.29, 1.82) is 0 Å². The molecule has 128 valence electrons. The van der Waals surface area contributed by atoms with Crippen LogP contribution in [0.25, 0.3) is 0 Å². The molecule has 5 nitrogen and oxygen atoms in total. The lowest BCUT2D eigenvalue weighted by Crippen LogP contribution is -2.53. The molecule has 1 aromatic carbocycles. The minimum atomic E-state index is -0.370. The van der Waals surface area contributed by atoms with E-state index < -0.39 is 0 Å². The predicted octanol–water partition coefficient (Wildman–Crippen LogP) is 1.69. The molecular formula is C19H25N3O2. The molecule has 4 rings (SSSR count). The van der Waals surface area contributed by atoms with Crippen LogP contribution in [0.15, 0.2) is 30.3 Å². The molecule has 2 unspecified atom stereocenters. The molecule has 0 bridgehead atoms. The number of para-hydroxylation sites is 1. The highest BCUT2D eigenvalue weighted by Gasteiger charge is 2.58. The van der Waals surface area contributed by atoms with Crippen LogP contribution >= 0.6 is 0 Å². The summed E-state index contributed by atoms with van der Waals surface area (Å²) in [7, 11) is 0. The first-order valence-electron chi connectivity index (χ1n) is 9.07. The zero-order valence-electron chi connectivity index (χ0n) is 14.0. The summed E-state index contributed by atoms with van der Waals surface area (Å²) in [6, 6.07) is 9.36. The van der Waals surface area contributed by atoms with Crippen LogP contribution in [0.3, 0.4) is 0 Å². The van der Waals surface area contributed by atoms with Crippen LogP contribution in [0.2, 0.25) is 0 Å². The Balaban J connectivity index is 1.39.